The molecular formula is C12H22O3. The first-order valence-corrected chi connectivity index (χ1v) is 5.53. The van der Waals surface area contributed by atoms with Gasteiger partial charge in [0.1, 0.15) is 5.78 Å². The number of carbonyl (C=O) groups is 1. The number of ether oxygens (including phenoxy) is 2. The molecule has 0 radical (unpaired) electrons. The zero-order chi connectivity index (χ0) is 11.6. The molecule has 2 unspecified atom stereocenters. The van der Waals surface area contributed by atoms with Crippen molar-refractivity contribution in [3.8, 4) is 0 Å². The molecule has 3 heteroatoms. The minimum atomic E-state index is -0.407. The van der Waals surface area contributed by atoms with Gasteiger partial charge in [-0.1, -0.05) is 20.8 Å². The van der Waals surface area contributed by atoms with E-state index < -0.39 is 6.29 Å². The summed E-state index contributed by atoms with van der Waals surface area (Å²) in [5.41, 5.74) is -0.0496. The minimum Gasteiger partial charge on any atom is -0.355 e. The Labute approximate surface area is 92.1 Å². The second-order valence-electron chi connectivity index (χ2n) is 5.04. The molecule has 1 saturated carbocycles. The normalized spacial score (nSPS) is 30.9. The zero-order valence-electron chi connectivity index (χ0n) is 10.4. The highest BCUT2D eigenvalue weighted by Crippen LogP contribution is 2.45. The fourth-order valence-electron chi connectivity index (χ4n) is 2.48. The molecule has 15 heavy (non-hydrogen) atoms. The van der Waals surface area contributed by atoms with Crippen LogP contribution in [0.4, 0.5) is 0 Å². The Hall–Kier alpha value is -0.410. The van der Waals surface area contributed by atoms with Crippen LogP contribution in [-0.4, -0.2) is 26.3 Å². The molecule has 1 aliphatic rings. The predicted molar refractivity (Wildman–Crippen MR) is 58.5 cm³/mol. The lowest BCUT2D eigenvalue weighted by atomic mass is 9.62. The van der Waals surface area contributed by atoms with Gasteiger partial charge >= 0.3 is 0 Å². The van der Waals surface area contributed by atoms with Crippen LogP contribution in [0, 0.1) is 17.3 Å². The van der Waals surface area contributed by atoms with Crippen molar-refractivity contribution < 1.29 is 14.3 Å². The van der Waals surface area contributed by atoms with Crippen molar-refractivity contribution in [3.05, 3.63) is 0 Å². The average Bonchev–Trinajstić information content (AvgIpc) is 2.19. The molecule has 0 heterocycles. The van der Waals surface area contributed by atoms with Crippen LogP contribution in [-0.2, 0) is 14.3 Å². The van der Waals surface area contributed by atoms with Crippen LogP contribution in [0.3, 0.4) is 0 Å². The summed E-state index contributed by atoms with van der Waals surface area (Å²) >= 11 is 0. The second kappa shape index (κ2) is 4.62. The molecule has 3 nitrogen and oxygen atoms in total. The van der Waals surface area contributed by atoms with Gasteiger partial charge in [-0.05, 0) is 17.8 Å². The van der Waals surface area contributed by atoms with Crippen molar-refractivity contribution in [2.45, 2.75) is 39.9 Å². The molecule has 0 aromatic rings. The molecule has 1 fully saturated rings. The third-order valence-corrected chi connectivity index (χ3v) is 3.98. The van der Waals surface area contributed by atoms with E-state index in [1.54, 1.807) is 14.2 Å². The Balaban J connectivity index is 2.94. The van der Waals surface area contributed by atoms with Crippen LogP contribution < -0.4 is 0 Å². The van der Waals surface area contributed by atoms with E-state index in [1.165, 1.54) is 0 Å². The summed E-state index contributed by atoms with van der Waals surface area (Å²) in [6.45, 7) is 6.46. The van der Waals surface area contributed by atoms with Gasteiger partial charge < -0.3 is 9.47 Å². The summed E-state index contributed by atoms with van der Waals surface area (Å²) in [5, 5.41) is 0. The van der Waals surface area contributed by atoms with Gasteiger partial charge in [0.05, 0.1) is 5.92 Å². The van der Waals surface area contributed by atoms with Gasteiger partial charge in [0.2, 0.25) is 0 Å². The van der Waals surface area contributed by atoms with Crippen LogP contribution in [0.5, 0.6) is 0 Å². The summed E-state index contributed by atoms with van der Waals surface area (Å²) in [5.74, 6) is 0.649. The van der Waals surface area contributed by atoms with Crippen molar-refractivity contribution in [2.24, 2.45) is 17.3 Å². The van der Waals surface area contributed by atoms with Crippen molar-refractivity contribution in [3.63, 3.8) is 0 Å². The maximum absolute atomic E-state index is 12.0. The molecule has 0 bridgehead atoms. The van der Waals surface area contributed by atoms with Crippen molar-refractivity contribution in [1.82, 2.24) is 0 Å². The summed E-state index contributed by atoms with van der Waals surface area (Å²) in [6, 6.07) is 0. The van der Waals surface area contributed by atoms with E-state index in [1.807, 2.05) is 0 Å². The summed E-state index contributed by atoms with van der Waals surface area (Å²) in [7, 11) is 3.19. The fourth-order valence-corrected chi connectivity index (χ4v) is 2.48. The van der Waals surface area contributed by atoms with Crippen LogP contribution in [0.1, 0.15) is 33.6 Å². The molecule has 0 N–H and O–H groups in total. The van der Waals surface area contributed by atoms with Gasteiger partial charge in [0.25, 0.3) is 0 Å². The zero-order valence-corrected chi connectivity index (χ0v) is 10.4. The van der Waals surface area contributed by atoms with Crippen LogP contribution >= 0.6 is 0 Å². The lowest BCUT2D eigenvalue weighted by Crippen LogP contribution is -2.48. The standard InChI is InChI=1S/C12H22O3/c1-8-6-7-9(13)10(12(8,2)3)11(14-4)15-5/h8,10-11H,6-7H2,1-5H3. The van der Waals surface area contributed by atoms with Crippen molar-refractivity contribution >= 4 is 5.78 Å². The average molecular weight is 214 g/mol. The smallest absolute Gasteiger partial charge is 0.166 e. The van der Waals surface area contributed by atoms with E-state index in [0.717, 1.165) is 6.42 Å². The highest BCUT2D eigenvalue weighted by atomic mass is 16.7. The molecule has 0 saturated heterocycles. The Morgan fingerprint density at radius 1 is 1.33 bits per heavy atom. The lowest BCUT2D eigenvalue weighted by molar-refractivity contribution is -0.184. The van der Waals surface area contributed by atoms with Crippen molar-refractivity contribution in [2.75, 3.05) is 14.2 Å². The van der Waals surface area contributed by atoms with E-state index >= 15 is 0 Å². The third kappa shape index (κ3) is 2.23. The van der Waals surface area contributed by atoms with Gasteiger partial charge in [0, 0.05) is 20.6 Å². The molecule has 1 rings (SSSR count). The van der Waals surface area contributed by atoms with Gasteiger partial charge in [-0.15, -0.1) is 0 Å². The van der Waals surface area contributed by atoms with Crippen LogP contribution in [0.15, 0.2) is 0 Å². The number of carbonyl (C=O) groups excluding carboxylic acids is 1. The molecule has 88 valence electrons. The van der Waals surface area contributed by atoms with E-state index in [-0.39, 0.29) is 17.1 Å². The summed E-state index contributed by atoms with van der Waals surface area (Å²) < 4.78 is 10.5. The quantitative estimate of drug-likeness (QED) is 0.676. The molecular weight excluding hydrogens is 192 g/mol. The maximum Gasteiger partial charge on any atom is 0.166 e. The van der Waals surface area contributed by atoms with E-state index in [4.69, 9.17) is 9.47 Å². The Morgan fingerprint density at radius 2 is 1.87 bits per heavy atom. The van der Waals surface area contributed by atoms with Gasteiger partial charge in [0.15, 0.2) is 6.29 Å². The van der Waals surface area contributed by atoms with Crippen LogP contribution in [0.25, 0.3) is 0 Å². The lowest BCUT2D eigenvalue weighted by Gasteiger charge is -2.44. The van der Waals surface area contributed by atoms with E-state index in [0.29, 0.717) is 12.3 Å². The maximum atomic E-state index is 12.0. The van der Waals surface area contributed by atoms with Gasteiger partial charge in [-0.3, -0.25) is 4.79 Å². The summed E-state index contributed by atoms with van der Waals surface area (Å²) in [6.07, 6.45) is 1.22. The molecule has 1 aliphatic carbocycles. The first-order chi connectivity index (χ1) is 6.95. The molecule has 0 aromatic heterocycles. The number of hydrogen-bond donors (Lipinski definition) is 0. The number of rotatable bonds is 3. The number of methoxy groups -OCH3 is 2. The molecule has 0 aromatic carbocycles. The van der Waals surface area contributed by atoms with Crippen LogP contribution in [0.2, 0.25) is 0 Å². The first-order valence-electron chi connectivity index (χ1n) is 5.53. The van der Waals surface area contributed by atoms with Gasteiger partial charge in [-0.25, -0.2) is 0 Å². The Kier molecular flexibility index (Phi) is 3.90. The predicted octanol–water partition coefficient (Wildman–Crippen LogP) is 2.25. The minimum absolute atomic E-state index is 0.0496. The Morgan fingerprint density at radius 3 is 2.33 bits per heavy atom. The van der Waals surface area contributed by atoms with Gasteiger partial charge in [-0.2, -0.15) is 0 Å². The van der Waals surface area contributed by atoms with Crippen molar-refractivity contribution in [1.29, 1.82) is 0 Å². The van der Waals surface area contributed by atoms with E-state index in [2.05, 4.69) is 20.8 Å². The second-order valence-corrected chi connectivity index (χ2v) is 5.04. The molecule has 0 aliphatic heterocycles. The summed E-state index contributed by atoms with van der Waals surface area (Å²) in [4.78, 5) is 12.0. The first kappa shape index (κ1) is 12.7. The largest absolute Gasteiger partial charge is 0.355 e. The Bertz CT molecular complexity index is 231. The molecule has 2 atom stereocenters. The topological polar surface area (TPSA) is 35.5 Å². The SMILES string of the molecule is COC(OC)C1C(=O)CCC(C)C1(C)C. The fraction of sp³-hybridized carbons (Fsp3) is 0.917. The monoisotopic (exact) mass is 214 g/mol. The molecule has 0 amide bonds. The third-order valence-electron chi connectivity index (χ3n) is 3.98. The van der Waals surface area contributed by atoms with E-state index in [9.17, 15) is 4.79 Å². The highest BCUT2D eigenvalue weighted by Gasteiger charge is 2.47. The number of hydrogen-bond acceptors (Lipinski definition) is 3. The molecule has 0 spiro atoms. The number of Topliss-reactive ketones (excluding diaryl/α,β-unsaturated/α-hetero) is 1. The highest BCUT2D eigenvalue weighted by molar-refractivity contribution is 5.83. The number of ketones is 1.